The lowest BCUT2D eigenvalue weighted by atomic mass is 10.3. The van der Waals surface area contributed by atoms with Crippen LogP contribution in [0.5, 0.6) is 0 Å². The van der Waals surface area contributed by atoms with E-state index in [0.717, 1.165) is 12.6 Å². The van der Waals surface area contributed by atoms with Gasteiger partial charge in [-0.2, -0.15) is 10.1 Å². The van der Waals surface area contributed by atoms with Gasteiger partial charge in [0.1, 0.15) is 0 Å². The van der Waals surface area contributed by atoms with Gasteiger partial charge in [0.05, 0.1) is 6.10 Å². The smallest absolute Gasteiger partial charge is 0.342 e. The lowest BCUT2D eigenvalue weighted by Crippen LogP contribution is -2.15. The van der Waals surface area contributed by atoms with Crippen LogP contribution in [0.15, 0.2) is 4.99 Å². The molecule has 0 aromatic rings. The normalized spacial score (nSPS) is 12.6. The Balaban J connectivity index is 4.26. The number of ether oxygens (including phenoxy) is 1. The van der Waals surface area contributed by atoms with E-state index in [9.17, 15) is 0 Å². The number of hydrogen-bond acceptors (Lipinski definition) is 3. The molecule has 0 fully saturated rings. The topological polar surface area (TPSA) is 81.8 Å². The molecule has 1 unspecified atom stereocenters. The van der Waals surface area contributed by atoms with Crippen LogP contribution < -0.4 is 0 Å². The summed E-state index contributed by atoms with van der Waals surface area (Å²) in [5.74, 6) is 0.0225. The van der Waals surface area contributed by atoms with E-state index in [1.807, 2.05) is 13.8 Å². The van der Waals surface area contributed by atoms with Gasteiger partial charge in [-0.25, -0.2) is 0 Å². The van der Waals surface area contributed by atoms with Crippen molar-refractivity contribution in [1.29, 1.82) is 5.26 Å². The van der Waals surface area contributed by atoms with Gasteiger partial charge in [-0.3, -0.25) is 0 Å². The maximum atomic E-state index is 8.19. The molecule has 5 heteroatoms. The largest absolute Gasteiger partial charge is 0.469 e. The molecule has 0 aliphatic carbocycles. The monoisotopic (exact) mass is 166 g/mol. The molecule has 0 aromatic carbocycles. The molecule has 0 aliphatic rings. The van der Waals surface area contributed by atoms with Crippen molar-refractivity contribution in [2.24, 2.45) is 4.99 Å². The first-order valence-corrected chi connectivity index (χ1v) is 3.55. The summed E-state index contributed by atoms with van der Waals surface area (Å²) >= 11 is 0. The van der Waals surface area contributed by atoms with Crippen LogP contribution in [0.1, 0.15) is 20.3 Å². The highest BCUT2D eigenvalue weighted by Crippen LogP contribution is 1.95. The van der Waals surface area contributed by atoms with Gasteiger partial charge in [-0.15, -0.1) is 4.99 Å². The van der Waals surface area contributed by atoms with Gasteiger partial charge in [0, 0.05) is 0 Å². The van der Waals surface area contributed by atoms with Gasteiger partial charge in [-0.1, -0.05) is 6.92 Å². The SMILES string of the molecule is CCC(C)OC(C=[N+]=[N-])=NC#N. The first-order valence-electron chi connectivity index (χ1n) is 3.55. The average molecular weight is 166 g/mol. The molecule has 0 amide bonds. The quantitative estimate of drug-likeness (QED) is 0.206. The predicted octanol–water partition coefficient (Wildman–Crippen LogP) is 0.982. The highest BCUT2D eigenvalue weighted by molar-refractivity contribution is 6.24. The molecule has 0 saturated heterocycles. The first kappa shape index (κ1) is 10.3. The molecule has 0 N–H and O–H groups in total. The minimum absolute atomic E-state index is 0.0225. The predicted molar refractivity (Wildman–Crippen MR) is 43.6 cm³/mol. The van der Waals surface area contributed by atoms with Crippen molar-refractivity contribution >= 4 is 12.1 Å². The lowest BCUT2D eigenvalue weighted by Gasteiger charge is -2.07. The highest BCUT2D eigenvalue weighted by atomic mass is 16.5. The van der Waals surface area contributed by atoms with E-state index < -0.39 is 0 Å². The maximum Gasteiger partial charge on any atom is 0.342 e. The van der Waals surface area contributed by atoms with E-state index in [0.29, 0.717) is 0 Å². The zero-order valence-corrected chi connectivity index (χ0v) is 7.06. The fourth-order valence-corrected chi connectivity index (χ4v) is 0.474. The summed E-state index contributed by atoms with van der Waals surface area (Å²) in [5.41, 5.74) is 8.15. The van der Waals surface area contributed by atoms with Gasteiger partial charge < -0.3 is 10.3 Å². The Kier molecular flexibility index (Phi) is 5.24. The molecule has 64 valence electrons. The second kappa shape index (κ2) is 6.08. The summed E-state index contributed by atoms with van der Waals surface area (Å²) in [6, 6.07) is 0. The van der Waals surface area contributed by atoms with Crippen molar-refractivity contribution in [3.63, 3.8) is 0 Å². The Labute approximate surface area is 70.9 Å². The molecule has 0 spiro atoms. The van der Waals surface area contributed by atoms with Crippen molar-refractivity contribution in [2.75, 3.05) is 0 Å². The zero-order chi connectivity index (χ0) is 9.40. The molecule has 0 aromatic heterocycles. The fraction of sp³-hybridized carbons (Fsp3) is 0.571. The van der Waals surface area contributed by atoms with E-state index >= 15 is 0 Å². The summed E-state index contributed by atoms with van der Waals surface area (Å²) in [4.78, 5) is 6.00. The van der Waals surface area contributed by atoms with Crippen LogP contribution in [0.2, 0.25) is 0 Å². The van der Waals surface area contributed by atoms with E-state index in [2.05, 4.69) is 9.78 Å². The lowest BCUT2D eigenvalue weighted by molar-refractivity contribution is 0.00412. The van der Waals surface area contributed by atoms with Gasteiger partial charge >= 0.3 is 12.1 Å². The minimum atomic E-state index is -0.0462. The van der Waals surface area contributed by atoms with Crippen LogP contribution in [-0.2, 0) is 4.74 Å². The van der Waals surface area contributed by atoms with Gasteiger partial charge in [0.25, 0.3) is 0 Å². The standard InChI is InChI=1S/C7H10N4O/c1-3-6(2)12-7(4-11-9)10-5-8/h4,6H,3H2,1-2H3. The van der Waals surface area contributed by atoms with E-state index in [1.165, 1.54) is 0 Å². The molecule has 0 saturated carbocycles. The Hall–Kier alpha value is -1.66. The fourth-order valence-electron chi connectivity index (χ4n) is 0.474. The molecule has 0 radical (unpaired) electrons. The van der Waals surface area contributed by atoms with Crippen molar-refractivity contribution in [3.05, 3.63) is 5.53 Å². The molecule has 0 aliphatic heterocycles. The molecular weight excluding hydrogens is 156 g/mol. The maximum absolute atomic E-state index is 8.19. The van der Waals surface area contributed by atoms with Crippen LogP contribution in [-0.4, -0.2) is 23.0 Å². The van der Waals surface area contributed by atoms with Crippen molar-refractivity contribution < 1.29 is 9.53 Å². The first-order chi connectivity index (χ1) is 5.74. The van der Waals surface area contributed by atoms with Crippen molar-refractivity contribution in [3.8, 4) is 6.19 Å². The second-order valence-electron chi connectivity index (χ2n) is 2.13. The molecule has 12 heavy (non-hydrogen) atoms. The highest BCUT2D eigenvalue weighted by Gasteiger charge is 2.06. The average Bonchev–Trinajstić information content (AvgIpc) is 2.05. The van der Waals surface area contributed by atoms with E-state index in [-0.39, 0.29) is 12.0 Å². The van der Waals surface area contributed by atoms with E-state index in [1.54, 1.807) is 6.19 Å². The minimum Gasteiger partial charge on any atom is -0.469 e. The van der Waals surface area contributed by atoms with Crippen LogP contribution in [0.25, 0.3) is 5.53 Å². The number of nitrogens with zero attached hydrogens (tertiary/aromatic N) is 4. The Morgan fingerprint density at radius 3 is 3.00 bits per heavy atom. The Morgan fingerprint density at radius 2 is 2.58 bits per heavy atom. The summed E-state index contributed by atoms with van der Waals surface area (Å²) < 4.78 is 5.10. The third-order valence-electron chi connectivity index (χ3n) is 1.23. The molecule has 0 heterocycles. The molecule has 5 nitrogen and oxygen atoms in total. The van der Waals surface area contributed by atoms with E-state index in [4.69, 9.17) is 15.5 Å². The van der Waals surface area contributed by atoms with Crippen LogP contribution in [0.4, 0.5) is 0 Å². The molecule has 0 rings (SSSR count). The summed E-state index contributed by atoms with van der Waals surface area (Å²) in [5, 5.41) is 8.19. The number of rotatable bonds is 3. The summed E-state index contributed by atoms with van der Waals surface area (Å²) in [7, 11) is 0. The van der Waals surface area contributed by atoms with Gasteiger partial charge in [0.2, 0.25) is 6.19 Å². The molecule has 1 atom stereocenters. The van der Waals surface area contributed by atoms with Crippen LogP contribution in [0.3, 0.4) is 0 Å². The number of aliphatic imine (C=N–C) groups is 1. The van der Waals surface area contributed by atoms with Crippen molar-refractivity contribution in [2.45, 2.75) is 26.4 Å². The third kappa shape index (κ3) is 4.20. The zero-order valence-electron chi connectivity index (χ0n) is 7.06. The summed E-state index contributed by atoms with van der Waals surface area (Å²) in [6.45, 7) is 3.77. The number of hydrogen-bond donors (Lipinski definition) is 0. The van der Waals surface area contributed by atoms with Gasteiger partial charge in [-0.05, 0) is 13.3 Å². The Morgan fingerprint density at radius 1 is 1.92 bits per heavy atom. The summed E-state index contributed by atoms with van der Waals surface area (Å²) in [6.07, 6.45) is 3.27. The molecular formula is C7H10N4O. The van der Waals surface area contributed by atoms with Crippen LogP contribution >= 0.6 is 0 Å². The van der Waals surface area contributed by atoms with Crippen LogP contribution in [0, 0.1) is 11.5 Å². The third-order valence-corrected chi connectivity index (χ3v) is 1.23. The Bertz CT molecular complexity index is 247. The molecule has 0 bridgehead atoms. The second-order valence-corrected chi connectivity index (χ2v) is 2.13. The number of nitriles is 1. The van der Waals surface area contributed by atoms with Gasteiger partial charge in [0.15, 0.2) is 0 Å². The van der Waals surface area contributed by atoms with Crippen molar-refractivity contribution in [1.82, 2.24) is 0 Å².